The van der Waals surface area contributed by atoms with Crippen molar-refractivity contribution >= 4 is 17.5 Å². The Kier molecular flexibility index (Phi) is 2.91. The molecule has 1 aliphatic heterocycles. The zero-order chi connectivity index (χ0) is 14.6. The van der Waals surface area contributed by atoms with E-state index in [1.54, 1.807) is 0 Å². The van der Waals surface area contributed by atoms with Crippen molar-refractivity contribution in [3.05, 3.63) is 29.8 Å². The molecule has 2 aliphatic carbocycles. The summed E-state index contributed by atoms with van der Waals surface area (Å²) in [5.74, 6) is 0.987. The molecule has 4 atom stereocenters. The number of carbonyl (C=O) groups is 2. The molecular formula is C18H21NO2. The fourth-order valence-corrected chi connectivity index (χ4v) is 4.76. The monoisotopic (exact) mass is 283 g/mol. The molecule has 0 spiro atoms. The number of rotatable bonds is 3. The largest absolute Gasteiger partial charge is 0.274 e. The van der Waals surface area contributed by atoms with Gasteiger partial charge in [-0.3, -0.25) is 14.5 Å². The van der Waals surface area contributed by atoms with Gasteiger partial charge >= 0.3 is 0 Å². The highest BCUT2D eigenvalue weighted by Gasteiger charge is 2.61. The van der Waals surface area contributed by atoms with Gasteiger partial charge < -0.3 is 0 Å². The summed E-state index contributed by atoms with van der Waals surface area (Å²) in [6.45, 7) is 2.15. The highest BCUT2D eigenvalue weighted by molar-refractivity contribution is 6.22. The molecule has 110 valence electrons. The Morgan fingerprint density at radius 3 is 2.10 bits per heavy atom. The van der Waals surface area contributed by atoms with Gasteiger partial charge in [-0.15, -0.1) is 0 Å². The number of hydrogen-bond acceptors (Lipinski definition) is 2. The molecule has 2 amide bonds. The zero-order valence-electron chi connectivity index (χ0n) is 12.4. The molecule has 1 saturated heterocycles. The molecule has 1 aromatic carbocycles. The molecule has 3 nitrogen and oxygen atoms in total. The van der Waals surface area contributed by atoms with Gasteiger partial charge in [-0.25, -0.2) is 0 Å². The van der Waals surface area contributed by atoms with Crippen LogP contribution in [0.2, 0.25) is 0 Å². The van der Waals surface area contributed by atoms with Crippen LogP contribution < -0.4 is 4.90 Å². The van der Waals surface area contributed by atoms with Crippen molar-refractivity contribution in [2.45, 2.75) is 39.0 Å². The van der Waals surface area contributed by atoms with Gasteiger partial charge in [0, 0.05) is 0 Å². The topological polar surface area (TPSA) is 37.4 Å². The average Bonchev–Trinajstić information content (AvgIpc) is 3.15. The zero-order valence-corrected chi connectivity index (χ0v) is 12.4. The molecule has 2 saturated carbocycles. The molecular weight excluding hydrogens is 262 g/mol. The van der Waals surface area contributed by atoms with Gasteiger partial charge in [0.05, 0.1) is 17.5 Å². The van der Waals surface area contributed by atoms with E-state index >= 15 is 0 Å². The summed E-state index contributed by atoms with van der Waals surface area (Å²) in [6, 6.07) is 7.96. The standard InChI is InChI=1S/C18H21NO2/c1-2-3-11-4-8-14(9-5-11)19-17(20)15-12-6-7-13(10-12)16(15)18(19)21/h4-5,8-9,12-13,15-16H,2-3,6-7,10H2,1H3/t12-,13+,15-,16-/m0/s1. The van der Waals surface area contributed by atoms with E-state index in [0.717, 1.165) is 37.8 Å². The quantitative estimate of drug-likeness (QED) is 0.799. The number of aryl methyl sites for hydroxylation is 1. The lowest BCUT2D eigenvalue weighted by Gasteiger charge is -2.19. The summed E-state index contributed by atoms with van der Waals surface area (Å²) in [5.41, 5.74) is 2.03. The van der Waals surface area contributed by atoms with Crippen molar-refractivity contribution in [2.75, 3.05) is 4.90 Å². The van der Waals surface area contributed by atoms with Crippen LogP contribution in [0.4, 0.5) is 5.69 Å². The van der Waals surface area contributed by atoms with E-state index in [-0.39, 0.29) is 23.7 Å². The van der Waals surface area contributed by atoms with E-state index in [9.17, 15) is 9.59 Å². The lowest BCUT2D eigenvalue weighted by molar-refractivity contribution is -0.123. The highest BCUT2D eigenvalue weighted by Crippen LogP contribution is 2.56. The van der Waals surface area contributed by atoms with Gasteiger partial charge in [0.25, 0.3) is 0 Å². The van der Waals surface area contributed by atoms with Crippen LogP contribution >= 0.6 is 0 Å². The molecule has 3 heteroatoms. The van der Waals surface area contributed by atoms with Crippen molar-refractivity contribution in [1.82, 2.24) is 0 Å². The smallest absolute Gasteiger partial charge is 0.237 e. The molecule has 2 bridgehead atoms. The third kappa shape index (κ3) is 1.79. The third-order valence-electron chi connectivity index (χ3n) is 5.66. The summed E-state index contributed by atoms with van der Waals surface area (Å²) in [7, 11) is 0. The van der Waals surface area contributed by atoms with Gasteiger partial charge in [-0.05, 0) is 55.2 Å². The molecule has 0 aromatic heterocycles. The van der Waals surface area contributed by atoms with Gasteiger partial charge in [0.2, 0.25) is 11.8 Å². The van der Waals surface area contributed by atoms with Gasteiger partial charge in [-0.2, -0.15) is 0 Å². The molecule has 4 rings (SSSR count). The lowest BCUT2D eigenvalue weighted by atomic mass is 9.81. The summed E-state index contributed by atoms with van der Waals surface area (Å²) in [5, 5.41) is 0. The summed E-state index contributed by atoms with van der Waals surface area (Å²) >= 11 is 0. The Bertz CT molecular complexity index is 564. The minimum absolute atomic E-state index is 0.0217. The van der Waals surface area contributed by atoms with Crippen molar-refractivity contribution in [3.8, 4) is 0 Å². The van der Waals surface area contributed by atoms with Crippen LogP contribution in [0.25, 0.3) is 0 Å². The van der Waals surface area contributed by atoms with Crippen LogP contribution in [-0.4, -0.2) is 11.8 Å². The van der Waals surface area contributed by atoms with Crippen molar-refractivity contribution in [3.63, 3.8) is 0 Å². The predicted octanol–water partition coefficient (Wildman–Crippen LogP) is 3.17. The van der Waals surface area contributed by atoms with Crippen LogP contribution in [0.1, 0.15) is 38.2 Å². The Morgan fingerprint density at radius 2 is 1.57 bits per heavy atom. The third-order valence-corrected chi connectivity index (χ3v) is 5.66. The molecule has 0 unspecified atom stereocenters. The van der Waals surface area contributed by atoms with Gasteiger partial charge in [-0.1, -0.05) is 25.5 Å². The van der Waals surface area contributed by atoms with E-state index in [0.29, 0.717) is 11.8 Å². The number of imide groups is 1. The average molecular weight is 283 g/mol. The van der Waals surface area contributed by atoms with Gasteiger partial charge in [0.15, 0.2) is 0 Å². The van der Waals surface area contributed by atoms with Crippen LogP contribution in [0.15, 0.2) is 24.3 Å². The SMILES string of the molecule is CCCc1ccc(N2C(=O)[C@H]3[C@@H]4CC[C@@H](C4)[C@@H]3C2=O)cc1. The lowest BCUT2D eigenvalue weighted by Crippen LogP contribution is -2.32. The van der Waals surface area contributed by atoms with Crippen LogP contribution in [0.3, 0.4) is 0 Å². The van der Waals surface area contributed by atoms with Crippen LogP contribution in [-0.2, 0) is 16.0 Å². The number of fused-ring (bicyclic) bond motifs is 5. The summed E-state index contributed by atoms with van der Waals surface area (Å²) in [6.07, 6.45) is 5.50. The summed E-state index contributed by atoms with van der Waals surface area (Å²) < 4.78 is 0. The second-order valence-electron chi connectivity index (χ2n) is 6.81. The minimum atomic E-state index is -0.0217. The maximum atomic E-state index is 12.7. The van der Waals surface area contributed by atoms with Crippen molar-refractivity contribution in [1.29, 1.82) is 0 Å². The number of nitrogens with zero attached hydrogens (tertiary/aromatic N) is 1. The number of carbonyl (C=O) groups excluding carboxylic acids is 2. The first-order valence-electron chi connectivity index (χ1n) is 8.17. The van der Waals surface area contributed by atoms with E-state index in [1.165, 1.54) is 10.5 Å². The highest BCUT2D eigenvalue weighted by atomic mass is 16.2. The first kappa shape index (κ1) is 13.1. The van der Waals surface area contributed by atoms with Crippen molar-refractivity contribution in [2.24, 2.45) is 23.7 Å². The van der Waals surface area contributed by atoms with E-state index in [2.05, 4.69) is 6.92 Å². The summed E-state index contributed by atoms with van der Waals surface area (Å²) in [4.78, 5) is 26.9. The fraction of sp³-hybridized carbons (Fsp3) is 0.556. The normalized spacial score (nSPS) is 33.9. The first-order chi connectivity index (χ1) is 10.2. The Hall–Kier alpha value is -1.64. The van der Waals surface area contributed by atoms with E-state index < -0.39 is 0 Å². The maximum absolute atomic E-state index is 12.7. The first-order valence-corrected chi connectivity index (χ1v) is 8.17. The maximum Gasteiger partial charge on any atom is 0.237 e. The number of hydrogen-bond donors (Lipinski definition) is 0. The Morgan fingerprint density at radius 1 is 1.00 bits per heavy atom. The molecule has 1 aromatic rings. The van der Waals surface area contributed by atoms with Crippen LogP contribution in [0.5, 0.6) is 0 Å². The molecule has 3 aliphatic rings. The number of benzene rings is 1. The second kappa shape index (κ2) is 4.69. The minimum Gasteiger partial charge on any atom is -0.274 e. The fourth-order valence-electron chi connectivity index (χ4n) is 4.76. The Labute approximate surface area is 125 Å². The van der Waals surface area contributed by atoms with Gasteiger partial charge in [0.1, 0.15) is 0 Å². The molecule has 1 heterocycles. The molecule has 21 heavy (non-hydrogen) atoms. The van der Waals surface area contributed by atoms with Crippen LogP contribution in [0, 0.1) is 23.7 Å². The van der Waals surface area contributed by atoms with Crippen molar-refractivity contribution < 1.29 is 9.59 Å². The molecule has 0 radical (unpaired) electrons. The predicted molar refractivity (Wildman–Crippen MR) is 80.7 cm³/mol. The molecule has 0 N–H and O–H groups in total. The second-order valence-corrected chi connectivity index (χ2v) is 6.81. The number of anilines is 1. The molecule has 3 fully saturated rings. The van der Waals surface area contributed by atoms with E-state index in [1.807, 2.05) is 24.3 Å². The Balaban J connectivity index is 1.64. The number of amides is 2. The van der Waals surface area contributed by atoms with E-state index in [4.69, 9.17) is 0 Å².